The molecule has 4 heterocycles. The maximum Gasteiger partial charge on any atom is 0.490 e. The predicted molar refractivity (Wildman–Crippen MR) is 123 cm³/mol. The molecule has 0 fully saturated rings. The predicted octanol–water partition coefficient (Wildman–Crippen LogP) is 4.27. The Kier molecular flexibility index (Phi) is 7.10. The van der Waals surface area contributed by atoms with E-state index in [2.05, 4.69) is 54.1 Å². The highest BCUT2D eigenvalue weighted by Crippen LogP contribution is 2.34. The molecule has 0 saturated carbocycles. The summed E-state index contributed by atoms with van der Waals surface area (Å²) in [5.41, 5.74) is 3.70. The zero-order chi connectivity index (χ0) is 25.0. The second kappa shape index (κ2) is 10.2. The van der Waals surface area contributed by atoms with Gasteiger partial charge in [0.2, 0.25) is 5.95 Å². The van der Waals surface area contributed by atoms with Gasteiger partial charge in [-0.2, -0.15) is 13.2 Å². The Morgan fingerprint density at radius 2 is 1.86 bits per heavy atom. The molecule has 1 aliphatic rings. The van der Waals surface area contributed by atoms with Gasteiger partial charge < -0.3 is 14.6 Å². The van der Waals surface area contributed by atoms with E-state index in [4.69, 9.17) is 14.9 Å². The number of nitrogens with zero attached hydrogens (tertiary/aromatic N) is 6. The molecule has 0 aliphatic carbocycles. The van der Waals surface area contributed by atoms with Crippen LogP contribution >= 0.6 is 11.3 Å². The van der Waals surface area contributed by atoms with Crippen molar-refractivity contribution < 1.29 is 23.1 Å². The lowest BCUT2D eigenvalue weighted by Gasteiger charge is -2.34. The number of hydrogen-bond acceptors (Lipinski definition) is 7. The Hall–Kier alpha value is -3.80. The lowest BCUT2D eigenvalue weighted by Crippen LogP contribution is -2.36. The lowest BCUT2D eigenvalue weighted by atomic mass is 9.89. The van der Waals surface area contributed by atoms with Crippen LogP contribution in [0, 0.1) is 6.92 Å². The first kappa shape index (κ1) is 24.3. The fourth-order valence-electron chi connectivity index (χ4n) is 3.85. The van der Waals surface area contributed by atoms with Crippen molar-refractivity contribution in [3.05, 3.63) is 88.2 Å². The summed E-state index contributed by atoms with van der Waals surface area (Å²) in [5.74, 6) is -0.787. The molecule has 182 valence electrons. The van der Waals surface area contributed by atoms with Gasteiger partial charge in [0.15, 0.2) is 0 Å². The number of thiazole rings is 1. The number of hydrogen-bond donors (Lipinski definition) is 1. The molecule has 4 aromatic rings. The number of aryl methyl sites for hydroxylation is 1. The third kappa shape index (κ3) is 5.83. The summed E-state index contributed by atoms with van der Waals surface area (Å²) in [6.45, 7) is 4.38. The lowest BCUT2D eigenvalue weighted by molar-refractivity contribution is -0.192. The van der Waals surface area contributed by atoms with Crippen LogP contribution in [-0.2, 0) is 17.9 Å². The van der Waals surface area contributed by atoms with Gasteiger partial charge in [0, 0.05) is 43.3 Å². The number of aromatic nitrogens is 5. The first-order valence-corrected chi connectivity index (χ1v) is 11.4. The minimum absolute atomic E-state index is 0.156. The van der Waals surface area contributed by atoms with Crippen molar-refractivity contribution in [2.45, 2.75) is 32.1 Å². The zero-order valence-electron chi connectivity index (χ0n) is 18.6. The molecule has 0 spiro atoms. The summed E-state index contributed by atoms with van der Waals surface area (Å²) < 4.78 is 33.9. The molecule has 1 aromatic carbocycles. The van der Waals surface area contributed by atoms with Crippen LogP contribution in [0.5, 0.6) is 0 Å². The van der Waals surface area contributed by atoms with Crippen molar-refractivity contribution >= 4 is 23.3 Å². The fraction of sp³-hybridized carbons (Fsp3) is 0.261. The van der Waals surface area contributed by atoms with Gasteiger partial charge in [-0.15, -0.1) is 11.3 Å². The Labute approximate surface area is 202 Å². The average Bonchev–Trinajstić information content (AvgIpc) is 3.47. The number of carboxylic acid groups (broad SMARTS) is 1. The molecule has 1 aliphatic heterocycles. The molecule has 1 atom stereocenters. The number of benzene rings is 1. The molecule has 0 bridgehead atoms. The second-order valence-corrected chi connectivity index (χ2v) is 8.82. The number of carbonyl (C=O) groups is 1. The van der Waals surface area contributed by atoms with Gasteiger partial charge in [0.05, 0.1) is 23.2 Å². The number of halogens is 3. The maximum atomic E-state index is 10.6. The number of anilines is 1. The van der Waals surface area contributed by atoms with Gasteiger partial charge >= 0.3 is 12.1 Å². The normalized spacial score (nSPS) is 15.2. The SMILES string of the molecule is Cc1nc(Cn2ccnc2C2CN(c3ncccn3)Cc3ccccc32)cs1.O=C(O)C(F)(F)F. The van der Waals surface area contributed by atoms with E-state index in [9.17, 15) is 13.2 Å². The summed E-state index contributed by atoms with van der Waals surface area (Å²) in [6, 6.07) is 10.5. The fourth-order valence-corrected chi connectivity index (χ4v) is 4.46. The quantitative estimate of drug-likeness (QED) is 0.445. The van der Waals surface area contributed by atoms with Crippen molar-refractivity contribution in [3.8, 4) is 0 Å². The van der Waals surface area contributed by atoms with E-state index >= 15 is 0 Å². The summed E-state index contributed by atoms with van der Waals surface area (Å²) >= 11 is 1.68. The molecule has 8 nitrogen and oxygen atoms in total. The van der Waals surface area contributed by atoms with E-state index in [1.807, 2.05) is 25.4 Å². The summed E-state index contributed by atoms with van der Waals surface area (Å²) in [5, 5.41) is 10.3. The van der Waals surface area contributed by atoms with Gasteiger partial charge in [-0.25, -0.2) is 24.7 Å². The van der Waals surface area contributed by atoms with E-state index in [-0.39, 0.29) is 5.92 Å². The highest BCUT2D eigenvalue weighted by atomic mass is 32.1. The summed E-state index contributed by atoms with van der Waals surface area (Å²) in [4.78, 5) is 29.4. The van der Waals surface area contributed by atoms with Crippen molar-refractivity contribution in [3.63, 3.8) is 0 Å². The number of alkyl halides is 3. The van der Waals surface area contributed by atoms with Crippen LogP contribution in [0.3, 0.4) is 0 Å². The molecular weight excluding hydrogens is 481 g/mol. The van der Waals surface area contributed by atoms with Crippen molar-refractivity contribution in [1.29, 1.82) is 0 Å². The highest BCUT2D eigenvalue weighted by Gasteiger charge is 2.38. The molecule has 3 aromatic heterocycles. The van der Waals surface area contributed by atoms with E-state index < -0.39 is 12.1 Å². The zero-order valence-corrected chi connectivity index (χ0v) is 19.4. The number of rotatable bonds is 4. The van der Waals surface area contributed by atoms with Gasteiger partial charge in [0.25, 0.3) is 0 Å². The van der Waals surface area contributed by atoms with E-state index in [0.717, 1.165) is 42.1 Å². The molecule has 35 heavy (non-hydrogen) atoms. The Morgan fingerprint density at radius 3 is 2.51 bits per heavy atom. The molecule has 0 saturated heterocycles. The number of aliphatic carboxylic acids is 1. The third-order valence-electron chi connectivity index (χ3n) is 5.33. The molecule has 0 radical (unpaired) electrons. The molecule has 1 N–H and O–H groups in total. The van der Waals surface area contributed by atoms with Crippen LogP contribution in [0.2, 0.25) is 0 Å². The molecule has 1 unspecified atom stereocenters. The average molecular weight is 503 g/mol. The smallest absolute Gasteiger partial charge is 0.475 e. The van der Waals surface area contributed by atoms with Crippen LogP contribution in [-0.4, -0.2) is 48.3 Å². The van der Waals surface area contributed by atoms with Gasteiger partial charge in [0.1, 0.15) is 5.82 Å². The van der Waals surface area contributed by atoms with Crippen molar-refractivity contribution in [2.24, 2.45) is 0 Å². The minimum atomic E-state index is -5.08. The van der Waals surface area contributed by atoms with Crippen LogP contribution < -0.4 is 4.90 Å². The third-order valence-corrected chi connectivity index (χ3v) is 6.15. The van der Waals surface area contributed by atoms with E-state index in [0.29, 0.717) is 0 Å². The van der Waals surface area contributed by atoms with Crippen LogP contribution in [0.1, 0.15) is 33.6 Å². The first-order valence-electron chi connectivity index (χ1n) is 10.5. The molecule has 0 amide bonds. The number of fused-ring (bicyclic) bond motifs is 1. The highest BCUT2D eigenvalue weighted by molar-refractivity contribution is 7.09. The standard InChI is InChI=1S/C21H20N6S.C2HF3O2/c1-15-25-17(14-28-15)12-26-10-9-22-20(26)19-13-27(21-23-7-4-8-24-21)11-16-5-2-3-6-18(16)19;3-2(4,5)1(6)7/h2-10,14,19H,11-13H2,1H3;(H,6,7). The second-order valence-electron chi connectivity index (χ2n) is 7.75. The summed E-state index contributed by atoms with van der Waals surface area (Å²) in [6.07, 6.45) is 2.44. The summed E-state index contributed by atoms with van der Waals surface area (Å²) in [7, 11) is 0. The largest absolute Gasteiger partial charge is 0.490 e. The monoisotopic (exact) mass is 502 g/mol. The Morgan fingerprint density at radius 1 is 1.14 bits per heavy atom. The van der Waals surface area contributed by atoms with Gasteiger partial charge in [-0.1, -0.05) is 24.3 Å². The topological polar surface area (TPSA) is 97.0 Å². The van der Waals surface area contributed by atoms with Gasteiger partial charge in [-0.05, 0) is 24.1 Å². The molecule has 12 heteroatoms. The minimum Gasteiger partial charge on any atom is -0.475 e. The Bertz CT molecular complexity index is 1290. The van der Waals surface area contributed by atoms with Crippen LogP contribution in [0.15, 0.2) is 60.5 Å². The van der Waals surface area contributed by atoms with Crippen molar-refractivity contribution in [1.82, 2.24) is 24.5 Å². The van der Waals surface area contributed by atoms with Crippen LogP contribution in [0.25, 0.3) is 0 Å². The number of carboxylic acids is 1. The number of imidazole rings is 1. The van der Waals surface area contributed by atoms with Crippen LogP contribution in [0.4, 0.5) is 19.1 Å². The molecular formula is C23H21F3N6O2S. The maximum absolute atomic E-state index is 10.6. The Balaban J connectivity index is 0.000000364. The van der Waals surface area contributed by atoms with E-state index in [1.54, 1.807) is 23.7 Å². The van der Waals surface area contributed by atoms with Crippen molar-refractivity contribution in [2.75, 3.05) is 11.4 Å². The van der Waals surface area contributed by atoms with E-state index in [1.165, 1.54) is 11.1 Å². The van der Waals surface area contributed by atoms with Gasteiger partial charge in [-0.3, -0.25) is 0 Å². The first-order chi connectivity index (χ1) is 16.7. The molecule has 5 rings (SSSR count).